The van der Waals surface area contributed by atoms with Crippen LogP contribution >= 0.6 is 0 Å². The Kier molecular flexibility index (Phi) is 9.13. The quantitative estimate of drug-likeness (QED) is 0.244. The summed E-state index contributed by atoms with van der Waals surface area (Å²) in [6, 6.07) is 7.28. The zero-order valence-corrected chi connectivity index (χ0v) is 21.9. The van der Waals surface area contributed by atoms with E-state index in [0.29, 0.717) is 49.2 Å². The van der Waals surface area contributed by atoms with E-state index >= 15 is 0 Å². The number of ether oxygens (including phenoxy) is 2. The Morgan fingerprint density at radius 1 is 1.18 bits per heavy atom. The van der Waals surface area contributed by atoms with Crippen LogP contribution in [-0.2, 0) is 24.3 Å². The second-order valence-electron chi connectivity index (χ2n) is 8.79. The van der Waals surface area contributed by atoms with E-state index in [2.05, 4.69) is 25.0 Å². The Balaban J connectivity index is 1.55. The smallest absolute Gasteiger partial charge is 0.435 e. The van der Waals surface area contributed by atoms with E-state index < -0.39 is 34.4 Å². The lowest BCUT2D eigenvalue weighted by atomic mass is 10.1. The number of hydrogen-bond donors (Lipinski definition) is 3. The highest BCUT2D eigenvalue weighted by Gasteiger charge is 2.36. The number of hydrogen-bond acceptors (Lipinski definition) is 9. The number of pyridine rings is 1. The number of piperidine rings is 1. The van der Waals surface area contributed by atoms with Gasteiger partial charge in [0.1, 0.15) is 10.9 Å². The molecule has 0 saturated carbocycles. The third kappa shape index (κ3) is 6.78. The van der Waals surface area contributed by atoms with Crippen molar-refractivity contribution < 1.29 is 27.5 Å². The average Bonchev–Trinajstić information content (AvgIpc) is 3.44. The summed E-state index contributed by atoms with van der Waals surface area (Å²) in [5.74, 6) is 0.114. The van der Waals surface area contributed by atoms with Gasteiger partial charge in [0.15, 0.2) is 12.2 Å². The first-order chi connectivity index (χ1) is 18.4. The van der Waals surface area contributed by atoms with E-state index in [9.17, 15) is 18.0 Å². The molecule has 1 fully saturated rings. The van der Waals surface area contributed by atoms with Crippen molar-refractivity contribution in [2.45, 2.75) is 56.2 Å². The zero-order chi connectivity index (χ0) is 27.0. The van der Waals surface area contributed by atoms with E-state index in [1.807, 2.05) is 0 Å². The number of aromatic nitrogens is 3. The molecule has 3 aromatic rings. The molecular formula is C25H32N6O6S. The molecule has 1 aliphatic rings. The highest BCUT2D eigenvalue weighted by molar-refractivity contribution is 7.89. The number of fused-ring (bicyclic) bond motifs is 1. The van der Waals surface area contributed by atoms with Gasteiger partial charge < -0.3 is 24.7 Å². The number of carbonyl (C=O) groups is 2. The molecule has 13 heteroatoms. The number of carbonyl (C=O) groups excluding carboxylic acids is 2. The number of anilines is 1. The summed E-state index contributed by atoms with van der Waals surface area (Å²) < 4.78 is 40.0. The van der Waals surface area contributed by atoms with Crippen molar-refractivity contribution in [3.05, 3.63) is 48.9 Å². The molecule has 3 heterocycles. The van der Waals surface area contributed by atoms with Gasteiger partial charge in [-0.05, 0) is 44.7 Å². The van der Waals surface area contributed by atoms with Gasteiger partial charge in [0, 0.05) is 43.5 Å². The largest absolute Gasteiger partial charge is 0.510 e. The van der Waals surface area contributed by atoms with E-state index in [4.69, 9.17) is 9.47 Å². The summed E-state index contributed by atoms with van der Waals surface area (Å²) in [6.07, 6.45) is 5.70. The van der Waals surface area contributed by atoms with Gasteiger partial charge in [-0.15, -0.1) is 0 Å². The van der Waals surface area contributed by atoms with Crippen LogP contribution in [0, 0.1) is 0 Å². The number of benzene rings is 1. The number of nitrogens with one attached hydrogen (secondary N) is 3. The highest BCUT2D eigenvalue weighted by Crippen LogP contribution is 2.24. The molecule has 1 aromatic carbocycles. The standard InChI is InChI=1S/C25H32N6O6S/c1-2-36-25(33)37-21-12-3-4-17-31(21)23(32)19(10-7-14-27-24-28-15-16-29-24)30-38(34,35)20-11-5-8-18-9-6-13-26-22(18)20/h5-6,8-9,11,13,15-16,19,21,30H,2-4,7,10,12,14,17H2,1H3,(H2,27,28,29)/t19-,21+/m0/s1. The average molecular weight is 545 g/mol. The number of sulfonamides is 1. The summed E-state index contributed by atoms with van der Waals surface area (Å²) in [7, 11) is -4.13. The van der Waals surface area contributed by atoms with Crippen LogP contribution in [0.25, 0.3) is 10.9 Å². The van der Waals surface area contributed by atoms with Gasteiger partial charge >= 0.3 is 6.16 Å². The minimum Gasteiger partial charge on any atom is -0.435 e. The van der Waals surface area contributed by atoms with Crippen LogP contribution in [0.1, 0.15) is 39.0 Å². The van der Waals surface area contributed by atoms with Gasteiger partial charge in [-0.25, -0.2) is 18.2 Å². The van der Waals surface area contributed by atoms with Gasteiger partial charge in [-0.2, -0.15) is 4.72 Å². The van der Waals surface area contributed by atoms with Crippen molar-refractivity contribution in [2.75, 3.05) is 25.0 Å². The molecule has 3 N–H and O–H groups in total. The predicted molar refractivity (Wildman–Crippen MR) is 140 cm³/mol. The van der Waals surface area contributed by atoms with Crippen molar-refractivity contribution in [3.8, 4) is 0 Å². The fourth-order valence-corrected chi connectivity index (χ4v) is 5.79. The molecule has 12 nitrogen and oxygen atoms in total. The number of likely N-dealkylation sites (tertiary alicyclic amines) is 1. The number of para-hydroxylation sites is 1. The molecule has 204 valence electrons. The van der Waals surface area contributed by atoms with Crippen LogP contribution in [0.15, 0.2) is 53.8 Å². The second kappa shape index (κ2) is 12.7. The number of rotatable bonds is 11. The van der Waals surface area contributed by atoms with Crippen molar-refractivity contribution in [3.63, 3.8) is 0 Å². The van der Waals surface area contributed by atoms with E-state index in [1.165, 1.54) is 17.2 Å². The maximum Gasteiger partial charge on any atom is 0.510 e. The monoisotopic (exact) mass is 544 g/mol. The SMILES string of the molecule is CCOC(=O)O[C@@H]1CCCCN1C(=O)[C@H](CCCNc1ncc[nH]1)NS(=O)(=O)c1cccc2cccnc12. The fourth-order valence-electron chi connectivity index (χ4n) is 4.39. The molecule has 1 aliphatic heterocycles. The van der Waals surface area contributed by atoms with Crippen molar-refractivity contribution in [1.29, 1.82) is 0 Å². The topological polar surface area (TPSA) is 156 Å². The van der Waals surface area contributed by atoms with Gasteiger partial charge in [0.05, 0.1) is 12.1 Å². The molecule has 38 heavy (non-hydrogen) atoms. The molecule has 0 bridgehead atoms. The van der Waals surface area contributed by atoms with Gasteiger partial charge in [-0.3, -0.25) is 9.78 Å². The van der Waals surface area contributed by atoms with E-state index in [-0.39, 0.29) is 17.9 Å². The molecule has 0 spiro atoms. The van der Waals surface area contributed by atoms with Crippen molar-refractivity contribution >= 4 is 38.9 Å². The van der Waals surface area contributed by atoms with E-state index in [0.717, 1.165) is 6.42 Å². The van der Waals surface area contributed by atoms with Crippen LogP contribution in [0.2, 0.25) is 0 Å². The predicted octanol–water partition coefficient (Wildman–Crippen LogP) is 3.01. The summed E-state index contributed by atoms with van der Waals surface area (Å²) in [4.78, 5) is 38.4. The Labute approximate surface area is 221 Å². The molecule has 2 atom stereocenters. The third-order valence-corrected chi connectivity index (χ3v) is 7.67. The van der Waals surface area contributed by atoms with Crippen LogP contribution in [0.4, 0.5) is 10.7 Å². The third-order valence-electron chi connectivity index (χ3n) is 6.17. The normalized spacial score (nSPS) is 16.7. The Bertz CT molecular complexity index is 1330. The second-order valence-corrected chi connectivity index (χ2v) is 10.5. The summed E-state index contributed by atoms with van der Waals surface area (Å²) in [5, 5.41) is 3.77. The first kappa shape index (κ1) is 27.3. The summed E-state index contributed by atoms with van der Waals surface area (Å²) in [6.45, 7) is 2.59. The molecule has 1 amide bonds. The maximum absolute atomic E-state index is 13.8. The fraction of sp³-hybridized carbons (Fsp3) is 0.440. The van der Waals surface area contributed by atoms with Gasteiger partial charge in [0.25, 0.3) is 0 Å². The number of aromatic amines is 1. The molecule has 0 unspecified atom stereocenters. The minimum atomic E-state index is -4.13. The Hall–Kier alpha value is -3.71. The molecule has 4 rings (SSSR count). The Morgan fingerprint density at radius 3 is 2.82 bits per heavy atom. The van der Waals surface area contributed by atoms with Gasteiger partial charge in [-0.1, -0.05) is 18.2 Å². The molecule has 2 aromatic heterocycles. The number of nitrogens with zero attached hydrogens (tertiary/aromatic N) is 3. The summed E-state index contributed by atoms with van der Waals surface area (Å²) in [5.41, 5.74) is 0.315. The van der Waals surface area contributed by atoms with Crippen molar-refractivity contribution in [2.24, 2.45) is 0 Å². The number of H-pyrrole nitrogens is 1. The van der Waals surface area contributed by atoms with E-state index in [1.54, 1.807) is 43.6 Å². The highest BCUT2D eigenvalue weighted by atomic mass is 32.2. The van der Waals surface area contributed by atoms with Crippen molar-refractivity contribution in [1.82, 2.24) is 24.6 Å². The van der Waals surface area contributed by atoms with Crippen LogP contribution < -0.4 is 10.0 Å². The van der Waals surface area contributed by atoms with Crippen LogP contribution in [0.3, 0.4) is 0 Å². The lowest BCUT2D eigenvalue weighted by Crippen LogP contribution is -2.54. The first-order valence-electron chi connectivity index (χ1n) is 12.6. The zero-order valence-electron chi connectivity index (χ0n) is 21.1. The number of imidazole rings is 1. The number of amides is 1. The van der Waals surface area contributed by atoms with Crippen LogP contribution in [-0.4, -0.2) is 72.3 Å². The molecular weight excluding hydrogens is 512 g/mol. The minimum absolute atomic E-state index is 0.0138. The summed E-state index contributed by atoms with van der Waals surface area (Å²) >= 11 is 0. The van der Waals surface area contributed by atoms with Gasteiger partial charge in [0.2, 0.25) is 15.9 Å². The lowest BCUT2D eigenvalue weighted by molar-refractivity contribution is -0.148. The molecule has 1 saturated heterocycles. The maximum atomic E-state index is 13.8. The molecule has 0 aliphatic carbocycles. The lowest BCUT2D eigenvalue weighted by Gasteiger charge is -2.36. The van der Waals surface area contributed by atoms with Crippen LogP contribution in [0.5, 0.6) is 0 Å². The Morgan fingerprint density at radius 2 is 2.03 bits per heavy atom. The first-order valence-corrected chi connectivity index (χ1v) is 14.1. The molecule has 0 radical (unpaired) electrons.